The highest BCUT2D eigenvalue weighted by Gasteiger charge is 2.28. The Kier molecular flexibility index (Phi) is 4.74. The molecule has 2 aromatic rings. The second-order valence-corrected chi connectivity index (χ2v) is 5.69. The minimum Gasteiger partial charge on any atom is -0.481 e. The predicted molar refractivity (Wildman–Crippen MR) is 87.0 cm³/mol. The molecule has 24 heavy (non-hydrogen) atoms. The normalized spacial score (nSPS) is 15.1. The van der Waals surface area contributed by atoms with Crippen LogP contribution in [0.25, 0.3) is 0 Å². The average Bonchev–Trinajstić information content (AvgIpc) is 2.62. The van der Waals surface area contributed by atoms with Crippen LogP contribution >= 0.6 is 0 Å². The van der Waals surface area contributed by atoms with Gasteiger partial charge in [0.05, 0.1) is 17.7 Å². The summed E-state index contributed by atoms with van der Waals surface area (Å²) in [6.07, 6.45) is 4.19. The van der Waals surface area contributed by atoms with Gasteiger partial charge in [-0.3, -0.25) is 14.6 Å². The van der Waals surface area contributed by atoms with Crippen LogP contribution in [0.1, 0.15) is 23.2 Å². The zero-order chi connectivity index (χ0) is 16.9. The molecule has 1 aromatic carbocycles. The van der Waals surface area contributed by atoms with Gasteiger partial charge < -0.3 is 14.7 Å². The van der Waals surface area contributed by atoms with Gasteiger partial charge in [0, 0.05) is 19.3 Å². The van der Waals surface area contributed by atoms with Crippen LogP contribution in [0.15, 0.2) is 48.8 Å². The van der Waals surface area contributed by atoms with Crippen LogP contribution in [0, 0.1) is 5.92 Å². The monoisotopic (exact) mass is 326 g/mol. The van der Waals surface area contributed by atoms with Gasteiger partial charge in [0.25, 0.3) is 5.91 Å². The van der Waals surface area contributed by atoms with Crippen molar-refractivity contribution in [3.05, 3.63) is 54.4 Å². The van der Waals surface area contributed by atoms with Crippen LogP contribution in [0.4, 0.5) is 0 Å². The van der Waals surface area contributed by atoms with E-state index in [1.807, 2.05) is 0 Å². The van der Waals surface area contributed by atoms with Crippen molar-refractivity contribution in [2.45, 2.75) is 12.8 Å². The van der Waals surface area contributed by atoms with E-state index in [-0.39, 0.29) is 11.8 Å². The van der Waals surface area contributed by atoms with Crippen molar-refractivity contribution in [3.63, 3.8) is 0 Å². The summed E-state index contributed by atoms with van der Waals surface area (Å²) in [4.78, 5) is 29.5. The lowest BCUT2D eigenvalue weighted by atomic mass is 9.96. The fourth-order valence-electron chi connectivity index (χ4n) is 2.77. The number of nitrogens with zero attached hydrogens (tertiary/aromatic N) is 2. The molecule has 1 N–H and O–H groups in total. The van der Waals surface area contributed by atoms with E-state index in [1.54, 1.807) is 53.7 Å². The lowest BCUT2D eigenvalue weighted by molar-refractivity contribution is -0.143. The molecule has 0 spiro atoms. The summed E-state index contributed by atoms with van der Waals surface area (Å²) in [5.74, 6) is -0.269. The van der Waals surface area contributed by atoms with Gasteiger partial charge in [-0.05, 0) is 37.1 Å². The lowest BCUT2D eigenvalue weighted by Gasteiger charge is -2.30. The van der Waals surface area contributed by atoms with Gasteiger partial charge in [0.2, 0.25) is 0 Å². The van der Waals surface area contributed by atoms with Crippen LogP contribution in [0.2, 0.25) is 0 Å². The summed E-state index contributed by atoms with van der Waals surface area (Å²) in [6.45, 7) is 0.883. The first-order chi connectivity index (χ1) is 11.6. The molecule has 3 rings (SSSR count). The first-order valence-corrected chi connectivity index (χ1v) is 7.84. The fraction of sp³-hybridized carbons (Fsp3) is 0.278. The van der Waals surface area contributed by atoms with Gasteiger partial charge in [0.1, 0.15) is 11.5 Å². The number of benzene rings is 1. The molecule has 1 amide bonds. The summed E-state index contributed by atoms with van der Waals surface area (Å²) in [5, 5.41) is 9.06. The number of carbonyl (C=O) groups excluding carboxylic acids is 1. The highest BCUT2D eigenvalue weighted by molar-refractivity contribution is 5.97. The molecule has 1 aromatic heterocycles. The van der Waals surface area contributed by atoms with Crippen molar-refractivity contribution in [1.29, 1.82) is 0 Å². The van der Waals surface area contributed by atoms with E-state index in [2.05, 4.69) is 4.98 Å². The Morgan fingerprint density at radius 1 is 1.12 bits per heavy atom. The molecule has 1 saturated heterocycles. The molecule has 1 aliphatic rings. The zero-order valence-electron chi connectivity index (χ0n) is 13.1. The predicted octanol–water partition coefficient (Wildman–Crippen LogP) is 2.81. The summed E-state index contributed by atoms with van der Waals surface area (Å²) < 4.78 is 5.78. The largest absolute Gasteiger partial charge is 0.481 e. The Balaban J connectivity index is 1.75. The topological polar surface area (TPSA) is 79.7 Å². The van der Waals surface area contributed by atoms with Gasteiger partial charge in [-0.1, -0.05) is 12.1 Å². The third kappa shape index (κ3) is 3.53. The number of ether oxygens (including phenoxy) is 1. The molecule has 1 fully saturated rings. The molecule has 124 valence electrons. The SMILES string of the molecule is O=C(O)C1CCN(C(=O)c2ccccc2Oc2cccnc2)CC1. The van der Waals surface area contributed by atoms with E-state index in [1.165, 1.54) is 0 Å². The number of para-hydroxylation sites is 1. The average molecular weight is 326 g/mol. The number of aliphatic carboxylic acids is 1. The van der Waals surface area contributed by atoms with E-state index in [4.69, 9.17) is 9.84 Å². The summed E-state index contributed by atoms with van der Waals surface area (Å²) in [5.41, 5.74) is 0.468. The number of carbonyl (C=O) groups is 2. The highest BCUT2D eigenvalue weighted by Crippen LogP contribution is 2.27. The number of aromatic nitrogens is 1. The van der Waals surface area contributed by atoms with Crippen molar-refractivity contribution in [1.82, 2.24) is 9.88 Å². The minimum atomic E-state index is -0.789. The number of likely N-dealkylation sites (tertiary alicyclic amines) is 1. The van der Waals surface area contributed by atoms with Crippen LogP contribution in [0.3, 0.4) is 0 Å². The van der Waals surface area contributed by atoms with Crippen LogP contribution in [-0.4, -0.2) is 40.0 Å². The summed E-state index contributed by atoms with van der Waals surface area (Å²) >= 11 is 0. The molecule has 0 unspecified atom stereocenters. The number of piperidine rings is 1. The van der Waals surface area contributed by atoms with Crippen molar-refractivity contribution in [2.24, 2.45) is 5.92 Å². The first kappa shape index (κ1) is 16.0. The van der Waals surface area contributed by atoms with Crippen molar-refractivity contribution < 1.29 is 19.4 Å². The Labute approximate surface area is 139 Å². The van der Waals surface area contributed by atoms with E-state index < -0.39 is 5.97 Å². The fourth-order valence-corrected chi connectivity index (χ4v) is 2.77. The molecule has 6 nitrogen and oxygen atoms in total. The number of carboxylic acid groups (broad SMARTS) is 1. The molecule has 6 heteroatoms. The maximum absolute atomic E-state index is 12.8. The maximum atomic E-state index is 12.8. The van der Waals surface area contributed by atoms with Gasteiger partial charge >= 0.3 is 5.97 Å². The second kappa shape index (κ2) is 7.12. The van der Waals surface area contributed by atoms with Crippen LogP contribution in [0.5, 0.6) is 11.5 Å². The molecule has 0 saturated carbocycles. The number of hydrogen-bond donors (Lipinski definition) is 1. The number of carboxylic acids is 1. The van der Waals surface area contributed by atoms with E-state index in [0.717, 1.165) is 0 Å². The Hall–Kier alpha value is -2.89. The molecular formula is C18H18N2O4. The van der Waals surface area contributed by atoms with E-state index in [0.29, 0.717) is 43.0 Å². The van der Waals surface area contributed by atoms with E-state index in [9.17, 15) is 9.59 Å². The third-order valence-electron chi connectivity index (χ3n) is 4.11. The van der Waals surface area contributed by atoms with Crippen LogP contribution < -0.4 is 4.74 Å². The van der Waals surface area contributed by atoms with Gasteiger partial charge in [-0.25, -0.2) is 0 Å². The van der Waals surface area contributed by atoms with Gasteiger partial charge in [-0.2, -0.15) is 0 Å². The van der Waals surface area contributed by atoms with Gasteiger partial charge in [-0.15, -0.1) is 0 Å². The number of amides is 1. The van der Waals surface area contributed by atoms with Crippen molar-refractivity contribution in [3.8, 4) is 11.5 Å². The number of pyridine rings is 1. The molecule has 0 radical (unpaired) electrons. The second-order valence-electron chi connectivity index (χ2n) is 5.69. The number of rotatable bonds is 4. The highest BCUT2D eigenvalue weighted by atomic mass is 16.5. The van der Waals surface area contributed by atoms with Gasteiger partial charge in [0.15, 0.2) is 0 Å². The van der Waals surface area contributed by atoms with E-state index >= 15 is 0 Å². The first-order valence-electron chi connectivity index (χ1n) is 7.84. The number of hydrogen-bond acceptors (Lipinski definition) is 4. The molecular weight excluding hydrogens is 308 g/mol. The summed E-state index contributed by atoms with van der Waals surface area (Å²) in [7, 11) is 0. The maximum Gasteiger partial charge on any atom is 0.306 e. The third-order valence-corrected chi connectivity index (χ3v) is 4.11. The molecule has 2 heterocycles. The zero-order valence-corrected chi connectivity index (χ0v) is 13.1. The quantitative estimate of drug-likeness (QED) is 0.934. The molecule has 0 atom stereocenters. The standard InChI is InChI=1S/C18H18N2O4/c21-17(20-10-7-13(8-11-20)18(22)23)15-5-1-2-6-16(15)24-14-4-3-9-19-12-14/h1-6,9,12-13H,7-8,10-11H2,(H,22,23). The smallest absolute Gasteiger partial charge is 0.306 e. The molecule has 0 bridgehead atoms. The summed E-state index contributed by atoms with van der Waals surface area (Å²) in [6, 6.07) is 10.6. The van der Waals surface area contributed by atoms with Crippen LogP contribution in [-0.2, 0) is 4.79 Å². The van der Waals surface area contributed by atoms with Crippen molar-refractivity contribution >= 4 is 11.9 Å². The Bertz CT molecular complexity index is 725. The Morgan fingerprint density at radius 3 is 2.54 bits per heavy atom. The van der Waals surface area contributed by atoms with Crippen molar-refractivity contribution in [2.75, 3.05) is 13.1 Å². The molecule has 0 aliphatic carbocycles. The minimum absolute atomic E-state index is 0.140. The molecule has 1 aliphatic heterocycles. The lowest BCUT2D eigenvalue weighted by Crippen LogP contribution is -2.40. The Morgan fingerprint density at radius 2 is 1.88 bits per heavy atom.